The van der Waals surface area contributed by atoms with E-state index in [1.54, 1.807) is 48.2 Å². The van der Waals surface area contributed by atoms with E-state index in [2.05, 4.69) is 11.0 Å². The molecule has 0 heterocycles. The highest BCUT2D eigenvalue weighted by atomic mass is 35.7. The number of thioether (sulfide) groups is 2. The lowest BCUT2D eigenvalue weighted by Crippen LogP contribution is -2.25. The van der Waals surface area contributed by atoms with Crippen LogP contribution in [0.25, 0.3) is 0 Å². The molecule has 3 N–H and O–H groups in total. The van der Waals surface area contributed by atoms with Crippen LogP contribution in [0.3, 0.4) is 0 Å². The van der Waals surface area contributed by atoms with Crippen LogP contribution < -0.4 is 10.5 Å². The van der Waals surface area contributed by atoms with E-state index in [0.29, 0.717) is 11.4 Å². The molecule has 15 heteroatoms. The maximum atomic E-state index is 11.8. The molecule has 0 amide bonds. The van der Waals surface area contributed by atoms with Gasteiger partial charge in [0.2, 0.25) is 10.0 Å². The minimum atomic E-state index is -3.55. The van der Waals surface area contributed by atoms with Crippen LogP contribution in [0.15, 0.2) is 58.3 Å². The van der Waals surface area contributed by atoms with Gasteiger partial charge in [0.1, 0.15) is 0 Å². The summed E-state index contributed by atoms with van der Waals surface area (Å²) in [6, 6.07) is 13.2. The lowest BCUT2D eigenvalue weighted by Gasteiger charge is -2.06. The number of nitrogens with one attached hydrogen (secondary N) is 1. The standard InChI is InChI=1S/C11H17NO2S2.C7H7ClO2S.C4H11NS.2CO2/c1-10-4-6-11(7-5-10)16(13,14)12-8-3-9-15-2;1-6-2-4-7(5-3-6)11(8,9)10;1-6-4-2-3-5;2*2-1-3/h4-7,12H,3,8-9H2,1-2H3;2-5H,1H3;2-5H2,1H3;;. The van der Waals surface area contributed by atoms with E-state index in [0.717, 1.165) is 36.3 Å². The van der Waals surface area contributed by atoms with Crippen molar-refractivity contribution in [2.24, 2.45) is 5.73 Å². The summed E-state index contributed by atoms with van der Waals surface area (Å²) in [6.45, 7) is 5.14. The molecule has 0 saturated heterocycles. The molecular formula is C24H35ClN2O8S4. The zero-order valence-electron chi connectivity index (χ0n) is 22.2. The van der Waals surface area contributed by atoms with Gasteiger partial charge in [-0.15, -0.1) is 0 Å². The molecular weight excluding hydrogens is 608 g/mol. The molecule has 220 valence electrons. The summed E-state index contributed by atoms with van der Waals surface area (Å²) in [7, 11) is -1.78. The first kappa shape index (κ1) is 41.5. The smallest absolute Gasteiger partial charge is 0.330 e. The molecule has 0 fully saturated rings. The normalized spacial score (nSPS) is 9.79. The van der Waals surface area contributed by atoms with Gasteiger partial charge in [-0.3, -0.25) is 0 Å². The summed E-state index contributed by atoms with van der Waals surface area (Å²) in [5.41, 5.74) is 7.27. The Morgan fingerprint density at radius 2 is 1.10 bits per heavy atom. The highest BCUT2D eigenvalue weighted by Gasteiger charge is 2.12. The Morgan fingerprint density at radius 1 is 0.744 bits per heavy atom. The van der Waals surface area contributed by atoms with Gasteiger partial charge in [-0.25, -0.2) is 21.6 Å². The van der Waals surface area contributed by atoms with Crippen LogP contribution in [0.2, 0.25) is 0 Å². The number of sulfonamides is 1. The summed E-state index contributed by atoms with van der Waals surface area (Å²) >= 11 is 3.56. The second-order valence-corrected chi connectivity index (χ2v) is 13.4. The lowest BCUT2D eigenvalue weighted by molar-refractivity contribution is -0.193. The van der Waals surface area contributed by atoms with Gasteiger partial charge in [0.05, 0.1) is 9.79 Å². The van der Waals surface area contributed by atoms with Crippen LogP contribution in [0.5, 0.6) is 0 Å². The zero-order chi connectivity index (χ0) is 30.7. The number of rotatable bonds is 10. The van der Waals surface area contributed by atoms with Gasteiger partial charge in [-0.1, -0.05) is 35.4 Å². The van der Waals surface area contributed by atoms with E-state index in [4.69, 9.17) is 35.6 Å². The summed E-state index contributed by atoms with van der Waals surface area (Å²) < 4.78 is 47.6. The summed E-state index contributed by atoms with van der Waals surface area (Å²) in [5.74, 6) is 2.17. The Bertz CT molecular complexity index is 1150. The van der Waals surface area contributed by atoms with Crippen molar-refractivity contribution in [3.8, 4) is 0 Å². The minimum Gasteiger partial charge on any atom is -0.330 e. The van der Waals surface area contributed by atoms with E-state index in [1.165, 1.54) is 17.9 Å². The van der Waals surface area contributed by atoms with Gasteiger partial charge in [0.25, 0.3) is 9.05 Å². The van der Waals surface area contributed by atoms with Crippen LogP contribution in [0, 0.1) is 13.8 Å². The Labute approximate surface area is 244 Å². The van der Waals surface area contributed by atoms with Gasteiger partial charge in [0, 0.05) is 17.2 Å². The van der Waals surface area contributed by atoms with E-state index < -0.39 is 19.1 Å². The number of halogens is 1. The second-order valence-electron chi connectivity index (χ2n) is 7.11. The van der Waals surface area contributed by atoms with Crippen LogP contribution in [-0.4, -0.2) is 66.2 Å². The van der Waals surface area contributed by atoms with Crippen molar-refractivity contribution >= 4 is 65.6 Å². The average Bonchev–Trinajstić information content (AvgIpc) is 2.87. The molecule has 0 unspecified atom stereocenters. The number of hydrogen-bond acceptors (Lipinski definition) is 11. The first-order valence-electron chi connectivity index (χ1n) is 11.0. The van der Waals surface area contributed by atoms with Crippen molar-refractivity contribution in [3.05, 3.63) is 59.7 Å². The van der Waals surface area contributed by atoms with Crippen molar-refractivity contribution < 1.29 is 36.0 Å². The summed E-state index contributed by atoms with van der Waals surface area (Å²) in [4.78, 5) is 33.0. The zero-order valence-corrected chi connectivity index (χ0v) is 26.2. The first-order valence-corrected chi connectivity index (χ1v) is 17.6. The van der Waals surface area contributed by atoms with Crippen molar-refractivity contribution in [2.75, 3.05) is 37.1 Å². The van der Waals surface area contributed by atoms with E-state index in [1.807, 2.05) is 31.9 Å². The third-order valence-corrected chi connectivity index (χ3v) is 8.24. The van der Waals surface area contributed by atoms with Crippen LogP contribution in [-0.2, 0) is 38.3 Å². The molecule has 0 saturated carbocycles. The third-order valence-electron chi connectivity index (χ3n) is 4.00. The molecule has 0 aliphatic rings. The summed E-state index contributed by atoms with van der Waals surface area (Å²) in [6.07, 6.45) is 6.61. The minimum absolute atomic E-state index is 0.143. The maximum absolute atomic E-state index is 11.8. The third kappa shape index (κ3) is 26.0. The number of carbonyl (C=O) groups excluding carboxylic acids is 4. The van der Waals surface area contributed by atoms with E-state index in [9.17, 15) is 16.8 Å². The fraction of sp³-hybridized carbons (Fsp3) is 0.417. The summed E-state index contributed by atoms with van der Waals surface area (Å²) in [5, 5.41) is 0. The highest BCUT2D eigenvalue weighted by molar-refractivity contribution is 8.13. The van der Waals surface area contributed by atoms with Gasteiger partial charge >= 0.3 is 12.3 Å². The quantitative estimate of drug-likeness (QED) is 0.287. The van der Waals surface area contributed by atoms with Gasteiger partial charge in [-0.2, -0.15) is 42.7 Å². The molecule has 0 aliphatic carbocycles. The fourth-order valence-electron chi connectivity index (χ4n) is 2.15. The molecule has 2 aromatic carbocycles. The Hall–Kier alpha value is -1.99. The Balaban J connectivity index is -0.000000486. The van der Waals surface area contributed by atoms with Gasteiger partial charge in [0.15, 0.2) is 0 Å². The number of hydrogen-bond donors (Lipinski definition) is 2. The van der Waals surface area contributed by atoms with Crippen molar-refractivity contribution in [1.82, 2.24) is 4.72 Å². The molecule has 2 rings (SSSR count). The number of aryl methyl sites for hydroxylation is 2. The van der Waals surface area contributed by atoms with Crippen molar-refractivity contribution in [3.63, 3.8) is 0 Å². The second kappa shape index (κ2) is 26.2. The molecule has 10 nitrogen and oxygen atoms in total. The number of benzene rings is 2. The van der Waals surface area contributed by atoms with Gasteiger partial charge < -0.3 is 5.73 Å². The molecule has 0 aliphatic heterocycles. The maximum Gasteiger partial charge on any atom is 0.373 e. The van der Waals surface area contributed by atoms with Crippen LogP contribution in [0.1, 0.15) is 24.0 Å². The Morgan fingerprint density at radius 3 is 1.41 bits per heavy atom. The number of nitrogens with two attached hydrogens (primary N) is 1. The van der Waals surface area contributed by atoms with Crippen molar-refractivity contribution in [2.45, 2.75) is 36.5 Å². The monoisotopic (exact) mass is 642 g/mol. The van der Waals surface area contributed by atoms with Crippen LogP contribution >= 0.6 is 34.2 Å². The molecule has 0 atom stereocenters. The molecule has 39 heavy (non-hydrogen) atoms. The lowest BCUT2D eigenvalue weighted by atomic mass is 10.2. The van der Waals surface area contributed by atoms with Crippen LogP contribution in [0.4, 0.5) is 0 Å². The molecule has 2 aromatic rings. The largest absolute Gasteiger partial charge is 0.373 e. The SMILES string of the molecule is CSCCCN.CSCCCNS(=O)(=O)c1ccc(C)cc1.Cc1ccc(S(=O)(=O)Cl)cc1.O=C=O.O=C=O. The molecule has 0 radical (unpaired) electrons. The fourth-order valence-corrected chi connectivity index (χ4v) is 4.88. The van der Waals surface area contributed by atoms with Crippen molar-refractivity contribution in [1.29, 1.82) is 0 Å². The molecule has 0 aromatic heterocycles. The topological polar surface area (TPSA) is 175 Å². The predicted octanol–water partition coefficient (Wildman–Crippen LogP) is 3.48. The highest BCUT2D eigenvalue weighted by Crippen LogP contribution is 2.14. The van der Waals surface area contributed by atoms with E-state index >= 15 is 0 Å². The Kier molecular flexibility index (Phi) is 27.9. The average molecular weight is 643 g/mol. The molecule has 0 bridgehead atoms. The van der Waals surface area contributed by atoms with E-state index in [-0.39, 0.29) is 17.2 Å². The predicted molar refractivity (Wildman–Crippen MR) is 156 cm³/mol. The van der Waals surface area contributed by atoms with Gasteiger partial charge in [-0.05, 0) is 81.5 Å². The molecule has 0 spiro atoms. The first-order chi connectivity index (χ1) is 18.3.